The van der Waals surface area contributed by atoms with E-state index in [0.717, 1.165) is 0 Å². The van der Waals surface area contributed by atoms with Crippen LogP contribution in [0.2, 0.25) is 0 Å². The van der Waals surface area contributed by atoms with Crippen molar-refractivity contribution in [3.63, 3.8) is 0 Å². The average molecular weight is 558 g/mol. The van der Waals surface area contributed by atoms with Gasteiger partial charge in [-0.25, -0.2) is 4.39 Å². The molecule has 216 valence electrons. The fourth-order valence-corrected chi connectivity index (χ4v) is 7.25. The molecule has 1 fully saturated rings. The molecule has 1 aliphatic heterocycles. The van der Waals surface area contributed by atoms with E-state index < -0.39 is 63.9 Å². The summed E-state index contributed by atoms with van der Waals surface area (Å²) < 4.78 is 16.0. The zero-order chi connectivity index (χ0) is 29.6. The summed E-state index contributed by atoms with van der Waals surface area (Å²) in [5, 5.41) is 45.4. The van der Waals surface area contributed by atoms with Crippen molar-refractivity contribution in [2.75, 3.05) is 27.2 Å². The lowest BCUT2D eigenvalue weighted by atomic mass is 9.57. The van der Waals surface area contributed by atoms with Crippen LogP contribution in [0.4, 0.5) is 4.39 Å². The number of carbonyl (C=O) groups excluding carboxylic acids is 3. The lowest BCUT2D eigenvalue weighted by Gasteiger charge is -2.50. The topological polar surface area (TPSA) is 165 Å². The molecule has 11 heteroatoms. The van der Waals surface area contributed by atoms with Crippen LogP contribution in [-0.2, 0) is 33.8 Å². The van der Waals surface area contributed by atoms with Crippen LogP contribution in [0.1, 0.15) is 49.4 Å². The number of Topliss-reactive ketones (excluding diaryl/α,β-unsaturated/α-hetero) is 2. The minimum atomic E-state index is -2.73. The number of aromatic hydroxyl groups is 1. The molecule has 40 heavy (non-hydrogen) atoms. The van der Waals surface area contributed by atoms with Crippen molar-refractivity contribution in [3.05, 3.63) is 45.0 Å². The molecule has 4 aliphatic rings. The smallest absolute Gasteiger partial charge is 0.255 e. The first-order valence-electron chi connectivity index (χ1n) is 13.4. The van der Waals surface area contributed by atoms with Crippen LogP contribution in [0.15, 0.2) is 16.9 Å². The number of aliphatic hydroxyl groups excluding tert-OH is 2. The van der Waals surface area contributed by atoms with Crippen molar-refractivity contribution in [2.24, 2.45) is 23.0 Å². The number of amides is 1. The monoisotopic (exact) mass is 557 g/mol. The molecule has 4 atom stereocenters. The molecule has 0 radical (unpaired) electrons. The molecule has 0 spiro atoms. The number of nitrogens with zero attached hydrogens (tertiary/aromatic N) is 2. The molecular formula is C29H36FN3O7. The summed E-state index contributed by atoms with van der Waals surface area (Å²) in [5.41, 5.74) is 2.02. The highest BCUT2D eigenvalue weighted by atomic mass is 19.1. The number of fused-ring (bicyclic) bond motifs is 4. The Bertz CT molecular complexity index is 1420. The predicted molar refractivity (Wildman–Crippen MR) is 143 cm³/mol. The Morgan fingerprint density at radius 1 is 1.15 bits per heavy atom. The summed E-state index contributed by atoms with van der Waals surface area (Å²) in [7, 11) is 3.06. The number of rotatable bonds is 3. The van der Waals surface area contributed by atoms with Crippen LogP contribution < -0.4 is 5.73 Å². The Hall–Kier alpha value is -3.28. The molecular weight excluding hydrogens is 521 g/mol. The molecule has 1 heterocycles. The second-order valence-electron chi connectivity index (χ2n) is 13.0. The number of phenolic OH excluding ortho intramolecular Hbond substituents is 1. The molecule has 0 unspecified atom stereocenters. The van der Waals surface area contributed by atoms with Gasteiger partial charge in [-0.3, -0.25) is 24.2 Å². The highest BCUT2D eigenvalue weighted by Crippen LogP contribution is 2.54. The van der Waals surface area contributed by atoms with Gasteiger partial charge in [0.25, 0.3) is 5.91 Å². The molecule has 0 bridgehead atoms. The van der Waals surface area contributed by atoms with Gasteiger partial charge < -0.3 is 26.2 Å². The van der Waals surface area contributed by atoms with Gasteiger partial charge in [-0.2, -0.15) is 0 Å². The normalized spacial score (nSPS) is 28.9. The van der Waals surface area contributed by atoms with Crippen molar-refractivity contribution in [1.29, 1.82) is 0 Å². The Kier molecular flexibility index (Phi) is 6.44. The van der Waals surface area contributed by atoms with Crippen LogP contribution in [0.5, 0.6) is 5.75 Å². The van der Waals surface area contributed by atoms with Gasteiger partial charge in [-0.05, 0) is 50.3 Å². The second-order valence-corrected chi connectivity index (χ2v) is 13.0. The van der Waals surface area contributed by atoms with Crippen molar-refractivity contribution >= 4 is 23.2 Å². The number of aliphatic hydroxyl groups is 3. The lowest BCUT2D eigenvalue weighted by Crippen LogP contribution is -2.65. The number of benzene rings is 1. The molecule has 1 aromatic rings. The summed E-state index contributed by atoms with van der Waals surface area (Å²) >= 11 is 0. The van der Waals surface area contributed by atoms with Crippen molar-refractivity contribution in [1.82, 2.24) is 9.80 Å². The van der Waals surface area contributed by atoms with E-state index in [0.29, 0.717) is 30.6 Å². The third kappa shape index (κ3) is 3.89. The van der Waals surface area contributed by atoms with Gasteiger partial charge in [0.2, 0.25) is 5.78 Å². The van der Waals surface area contributed by atoms with Crippen LogP contribution in [0.3, 0.4) is 0 Å². The molecule has 6 N–H and O–H groups in total. The van der Waals surface area contributed by atoms with E-state index in [9.17, 15) is 34.8 Å². The van der Waals surface area contributed by atoms with E-state index in [-0.39, 0.29) is 47.3 Å². The molecule has 10 nitrogen and oxygen atoms in total. The van der Waals surface area contributed by atoms with E-state index in [4.69, 9.17) is 5.73 Å². The fourth-order valence-electron chi connectivity index (χ4n) is 7.25. The average Bonchev–Trinajstić information content (AvgIpc) is 2.83. The third-order valence-electron chi connectivity index (χ3n) is 8.79. The first kappa shape index (κ1) is 28.3. The number of hydrogen-bond donors (Lipinski definition) is 5. The molecule has 5 rings (SSSR count). The molecule has 0 aromatic heterocycles. The number of nitrogens with two attached hydrogens (primary N) is 1. The van der Waals surface area contributed by atoms with Crippen LogP contribution >= 0.6 is 0 Å². The molecule has 3 aliphatic carbocycles. The van der Waals surface area contributed by atoms with Gasteiger partial charge in [0, 0.05) is 42.3 Å². The molecule has 1 amide bonds. The second kappa shape index (κ2) is 9.12. The Morgan fingerprint density at radius 2 is 1.80 bits per heavy atom. The standard InChI is InChI=1S/C29H36FN3O7/c1-28(2,3)11-33-7-6-13-15(10-33)22(34)18-14(20(13)30)8-12-9-16-21(32(4)5)24(36)19(27(31)39)26(38)29(16,40)25(37)17(12)23(18)35/h12,16,21,34-35,38,40H,6-11H2,1-5H3,(H2,31,39)/t12-,16-,21-,29-/m0/s1. The quantitative estimate of drug-likeness (QED) is 0.347. The summed E-state index contributed by atoms with van der Waals surface area (Å²) in [6, 6.07) is -1.19. The predicted octanol–water partition coefficient (Wildman–Crippen LogP) is 1.51. The number of carbonyl (C=O) groups is 3. The first-order valence-corrected chi connectivity index (χ1v) is 13.4. The van der Waals surface area contributed by atoms with Crippen molar-refractivity contribution in [2.45, 2.75) is 58.2 Å². The van der Waals surface area contributed by atoms with Gasteiger partial charge >= 0.3 is 0 Å². The molecule has 1 aromatic carbocycles. The minimum Gasteiger partial charge on any atom is -0.508 e. The maximum Gasteiger partial charge on any atom is 0.255 e. The van der Waals surface area contributed by atoms with Gasteiger partial charge in [-0.15, -0.1) is 0 Å². The number of hydrogen-bond acceptors (Lipinski definition) is 9. The summed E-state index contributed by atoms with van der Waals surface area (Å²) in [5.74, 6) is -7.94. The number of likely N-dealkylation sites (N-methyl/N-ethyl adjacent to an activating group) is 1. The maximum atomic E-state index is 16.0. The number of ketones is 2. The van der Waals surface area contributed by atoms with Gasteiger partial charge in [0.05, 0.1) is 11.6 Å². The number of halogens is 1. The highest BCUT2D eigenvalue weighted by molar-refractivity contribution is 6.24. The van der Waals surface area contributed by atoms with Gasteiger partial charge in [0.1, 0.15) is 28.7 Å². The summed E-state index contributed by atoms with van der Waals surface area (Å²) in [4.78, 5) is 42.8. The fraction of sp³-hybridized carbons (Fsp3) is 0.552. The Balaban J connectivity index is 1.67. The Labute approximate surface area is 231 Å². The summed E-state index contributed by atoms with van der Waals surface area (Å²) in [6.45, 7) is 7.78. The first-order chi connectivity index (χ1) is 18.5. The highest BCUT2D eigenvalue weighted by Gasteiger charge is 2.64. The van der Waals surface area contributed by atoms with Crippen LogP contribution in [0, 0.1) is 23.1 Å². The Morgan fingerprint density at radius 3 is 2.38 bits per heavy atom. The van der Waals surface area contributed by atoms with E-state index >= 15 is 4.39 Å². The van der Waals surface area contributed by atoms with E-state index in [1.165, 1.54) is 19.0 Å². The van der Waals surface area contributed by atoms with Crippen molar-refractivity contribution < 1.29 is 39.2 Å². The van der Waals surface area contributed by atoms with Gasteiger partial charge in [-0.1, -0.05) is 20.8 Å². The zero-order valence-corrected chi connectivity index (χ0v) is 23.3. The van der Waals surface area contributed by atoms with E-state index in [2.05, 4.69) is 25.7 Å². The zero-order valence-electron chi connectivity index (χ0n) is 23.3. The summed E-state index contributed by atoms with van der Waals surface area (Å²) in [6.07, 6.45) is 0.225. The third-order valence-corrected chi connectivity index (χ3v) is 8.79. The van der Waals surface area contributed by atoms with Crippen LogP contribution in [-0.4, -0.2) is 86.5 Å². The minimum absolute atomic E-state index is 0.0389. The molecule has 1 saturated carbocycles. The largest absolute Gasteiger partial charge is 0.508 e. The van der Waals surface area contributed by atoms with E-state index in [1.807, 2.05) is 0 Å². The lowest BCUT2D eigenvalue weighted by molar-refractivity contribution is -0.153. The SMILES string of the molecule is CN(C)[C@@H]1C(=O)C(C(N)=O)=C(O)[C@@]2(O)C(=O)C3=C(O)c4c(O)c5c(c(F)c4C[C@H]3C[C@@H]12)CCN(CC(C)(C)C)C5. The number of phenols is 1. The van der Waals surface area contributed by atoms with E-state index in [1.54, 1.807) is 0 Å². The van der Waals surface area contributed by atoms with Crippen molar-refractivity contribution in [3.8, 4) is 5.75 Å². The molecule has 0 saturated heterocycles. The maximum absolute atomic E-state index is 16.0. The van der Waals surface area contributed by atoms with Gasteiger partial charge in [0.15, 0.2) is 11.4 Å². The number of primary amides is 1. The van der Waals surface area contributed by atoms with Crippen LogP contribution in [0.25, 0.3) is 5.76 Å².